The third-order valence-corrected chi connectivity index (χ3v) is 13.8. The molecule has 0 saturated heterocycles. The maximum Gasteiger partial charge on any atom is 0.218 e. The van der Waals surface area contributed by atoms with E-state index in [4.69, 9.17) is 14.7 Å². The molecule has 61 heavy (non-hydrogen) atoms. The Kier molecular flexibility index (Phi) is 8.89. The topological polar surface area (TPSA) is 39.4 Å². The molecule has 3 heterocycles. The van der Waals surface area contributed by atoms with Gasteiger partial charge < -0.3 is 9.30 Å². The monoisotopic (exact) mass is 805 g/mol. The lowest BCUT2D eigenvalue weighted by atomic mass is 9.64. The highest BCUT2D eigenvalue weighted by Crippen LogP contribution is 2.59. The molecule has 9 rings (SSSR count). The number of hydrogen-bond acceptors (Lipinski definition) is 3. The zero-order chi connectivity index (χ0) is 43.8. The second-order valence-electron chi connectivity index (χ2n) is 22.4. The number of rotatable bonds is 3. The molecule has 1 aliphatic carbocycles. The number of nitrogens with zero attached hydrogens (tertiary/aromatic N) is 3. The number of aromatic nitrogens is 2. The molecule has 4 nitrogen and oxygen atoms in total. The van der Waals surface area contributed by atoms with Gasteiger partial charge in [-0.15, -0.1) is 0 Å². The minimum absolute atomic E-state index is 0.000277. The minimum Gasteiger partial charge on any atom is -0.463 e. The smallest absolute Gasteiger partial charge is 0.218 e. The molecule has 4 heteroatoms. The summed E-state index contributed by atoms with van der Waals surface area (Å²) in [6, 6.07) is 39.1. The molecule has 1 aliphatic heterocycles. The Bertz CT molecular complexity index is 2970. The first-order chi connectivity index (χ1) is 28.4. The van der Waals surface area contributed by atoms with E-state index in [1.54, 1.807) is 0 Å². The van der Waals surface area contributed by atoms with Crippen molar-refractivity contribution in [3.63, 3.8) is 0 Å². The number of pyridine rings is 1. The number of aliphatic imine (C=N–C) groups is 1. The molecular formula is C57H63N3O. The van der Waals surface area contributed by atoms with Crippen molar-refractivity contribution >= 4 is 27.7 Å². The van der Waals surface area contributed by atoms with Crippen molar-refractivity contribution in [2.75, 3.05) is 0 Å². The van der Waals surface area contributed by atoms with Crippen LogP contribution in [0, 0.1) is 6.92 Å². The highest BCUT2D eigenvalue weighted by atomic mass is 16.5. The largest absolute Gasteiger partial charge is 0.463 e. The van der Waals surface area contributed by atoms with Gasteiger partial charge in [-0.3, -0.25) is 4.98 Å². The molecule has 2 aliphatic rings. The lowest BCUT2D eigenvalue weighted by molar-refractivity contribution is 0.0269. The third kappa shape index (κ3) is 6.55. The standard InChI is InChI=1S/C57H63N3O/c1-34-16-23-49-45(26-34)42-20-17-35(48-33-39(24-25-58-48)54(8,9)10)29-50(42)60(49)41-28-36(27-40(30-41)55(11,12)13)51-59-56(14)46-21-18-37(52(2,3)4)31-43(46)44-32-38(53(5,6)7)19-22-47(44)57(56,15)61-51/h16-33H,1-15H3/t56-,57+/m1/s1. The molecule has 7 aromatic rings. The predicted octanol–water partition coefficient (Wildman–Crippen LogP) is 14.9. The molecule has 0 bridgehead atoms. The molecule has 0 unspecified atom stereocenters. The van der Waals surface area contributed by atoms with Crippen LogP contribution < -0.4 is 0 Å². The fourth-order valence-electron chi connectivity index (χ4n) is 9.61. The first-order valence-corrected chi connectivity index (χ1v) is 22.1. The van der Waals surface area contributed by atoms with Crippen LogP contribution in [0.1, 0.15) is 141 Å². The van der Waals surface area contributed by atoms with Crippen molar-refractivity contribution in [1.29, 1.82) is 0 Å². The number of benzene rings is 5. The Morgan fingerprint density at radius 2 is 1.11 bits per heavy atom. The molecule has 2 atom stereocenters. The molecule has 0 saturated carbocycles. The Hall–Kier alpha value is -5.48. The molecule has 2 aromatic heterocycles. The van der Waals surface area contributed by atoms with Gasteiger partial charge in [-0.2, -0.15) is 0 Å². The summed E-state index contributed by atoms with van der Waals surface area (Å²) in [6.45, 7) is 34.1. The first-order valence-electron chi connectivity index (χ1n) is 22.1. The van der Waals surface area contributed by atoms with Crippen LogP contribution in [0.2, 0.25) is 0 Å². The Morgan fingerprint density at radius 1 is 0.508 bits per heavy atom. The fourth-order valence-corrected chi connectivity index (χ4v) is 9.61. The molecule has 0 amide bonds. The average Bonchev–Trinajstić information content (AvgIpc) is 3.67. The quantitative estimate of drug-likeness (QED) is 0.178. The number of fused-ring (bicyclic) bond motifs is 9. The van der Waals surface area contributed by atoms with Crippen molar-refractivity contribution in [3.05, 3.63) is 154 Å². The summed E-state index contributed by atoms with van der Waals surface area (Å²) in [5.41, 5.74) is 16.2. The van der Waals surface area contributed by atoms with Crippen molar-refractivity contribution < 1.29 is 4.74 Å². The molecular weight excluding hydrogens is 743 g/mol. The van der Waals surface area contributed by atoms with Crippen LogP contribution in [0.25, 0.3) is 49.9 Å². The van der Waals surface area contributed by atoms with Gasteiger partial charge in [-0.25, -0.2) is 4.99 Å². The van der Waals surface area contributed by atoms with Gasteiger partial charge in [-0.1, -0.05) is 143 Å². The van der Waals surface area contributed by atoms with E-state index >= 15 is 0 Å². The van der Waals surface area contributed by atoms with E-state index < -0.39 is 11.1 Å². The molecule has 5 aromatic carbocycles. The van der Waals surface area contributed by atoms with Gasteiger partial charge in [0.05, 0.1) is 16.7 Å². The van der Waals surface area contributed by atoms with E-state index in [1.807, 2.05) is 6.20 Å². The summed E-state index contributed by atoms with van der Waals surface area (Å²) in [5, 5.41) is 2.45. The van der Waals surface area contributed by atoms with Gasteiger partial charge in [-0.05, 0) is 130 Å². The zero-order valence-corrected chi connectivity index (χ0v) is 39.1. The predicted molar refractivity (Wildman–Crippen MR) is 258 cm³/mol. The first kappa shape index (κ1) is 40.9. The van der Waals surface area contributed by atoms with Gasteiger partial charge in [0, 0.05) is 39.3 Å². The maximum atomic E-state index is 7.43. The van der Waals surface area contributed by atoms with Crippen LogP contribution in [-0.4, -0.2) is 15.4 Å². The number of ether oxygens (including phenoxy) is 1. The molecule has 312 valence electrons. The molecule has 0 fully saturated rings. The Labute approximate surface area is 364 Å². The molecule has 0 N–H and O–H groups in total. The van der Waals surface area contributed by atoms with Crippen LogP contribution in [-0.2, 0) is 37.5 Å². The van der Waals surface area contributed by atoms with Crippen LogP contribution >= 0.6 is 0 Å². The molecule has 0 radical (unpaired) electrons. The highest BCUT2D eigenvalue weighted by Gasteiger charge is 2.59. The third-order valence-electron chi connectivity index (χ3n) is 13.8. The average molecular weight is 806 g/mol. The van der Waals surface area contributed by atoms with Crippen LogP contribution in [0.3, 0.4) is 0 Å². The van der Waals surface area contributed by atoms with Gasteiger partial charge in [0.15, 0.2) is 5.60 Å². The fraction of sp³-hybridized carbons (Fsp3) is 0.368. The summed E-state index contributed by atoms with van der Waals surface area (Å²) in [5.74, 6) is 0.677. The van der Waals surface area contributed by atoms with E-state index in [9.17, 15) is 0 Å². The lowest BCUT2D eigenvalue weighted by Gasteiger charge is -2.45. The van der Waals surface area contributed by atoms with Gasteiger partial charge in [0.2, 0.25) is 5.90 Å². The normalized spacial score (nSPS) is 19.1. The van der Waals surface area contributed by atoms with Crippen LogP contribution in [0.5, 0.6) is 0 Å². The van der Waals surface area contributed by atoms with Crippen molar-refractivity contribution in [2.24, 2.45) is 4.99 Å². The van der Waals surface area contributed by atoms with Crippen LogP contribution in [0.15, 0.2) is 114 Å². The lowest BCUT2D eigenvalue weighted by Crippen LogP contribution is -2.45. The second-order valence-corrected chi connectivity index (χ2v) is 22.4. The Morgan fingerprint density at radius 3 is 1.75 bits per heavy atom. The summed E-state index contributed by atoms with van der Waals surface area (Å²) >= 11 is 0. The number of hydrogen-bond donors (Lipinski definition) is 0. The van der Waals surface area contributed by atoms with Gasteiger partial charge >= 0.3 is 0 Å². The van der Waals surface area contributed by atoms with Gasteiger partial charge in [0.1, 0.15) is 5.54 Å². The van der Waals surface area contributed by atoms with Gasteiger partial charge in [0.25, 0.3) is 0 Å². The van der Waals surface area contributed by atoms with Crippen molar-refractivity contribution in [2.45, 2.75) is 137 Å². The SMILES string of the molecule is Cc1ccc2c(c1)c1ccc(-c3cc(C(C)(C)C)ccn3)cc1n2-c1cc(C2=N[C@]3(C)c4ccc(C(C)(C)C)cc4-c4cc(C(C)(C)C)ccc4[C@]3(C)O2)cc(C(C)(C)C)c1. The summed E-state index contributed by atoms with van der Waals surface area (Å²) < 4.78 is 9.87. The highest BCUT2D eigenvalue weighted by molar-refractivity contribution is 6.10. The zero-order valence-electron chi connectivity index (χ0n) is 39.1. The Balaban J connectivity index is 1.27. The summed E-state index contributed by atoms with van der Waals surface area (Å²) in [4.78, 5) is 10.6. The molecule has 0 spiro atoms. The van der Waals surface area contributed by atoms with E-state index in [2.05, 4.69) is 212 Å². The summed E-state index contributed by atoms with van der Waals surface area (Å²) in [7, 11) is 0. The van der Waals surface area contributed by atoms with E-state index in [0.29, 0.717) is 5.90 Å². The number of aryl methyl sites for hydroxylation is 1. The summed E-state index contributed by atoms with van der Waals surface area (Å²) in [6.07, 6.45) is 1.95. The van der Waals surface area contributed by atoms with E-state index in [0.717, 1.165) is 28.0 Å². The minimum atomic E-state index is -0.740. The van der Waals surface area contributed by atoms with Crippen molar-refractivity contribution in [3.8, 4) is 28.1 Å². The van der Waals surface area contributed by atoms with E-state index in [-0.39, 0.29) is 21.7 Å². The van der Waals surface area contributed by atoms with Crippen LogP contribution in [0.4, 0.5) is 0 Å². The second kappa shape index (κ2) is 13.3. The maximum absolute atomic E-state index is 7.43. The van der Waals surface area contributed by atoms with Crippen molar-refractivity contribution in [1.82, 2.24) is 9.55 Å². The van der Waals surface area contributed by atoms with E-state index in [1.165, 1.54) is 66.4 Å².